The molecule has 18 heavy (non-hydrogen) atoms. The van der Waals surface area contributed by atoms with Gasteiger partial charge in [0, 0.05) is 6.54 Å². The van der Waals surface area contributed by atoms with Crippen LogP contribution >= 0.6 is 0 Å². The Labute approximate surface area is 109 Å². The molecule has 2 aliphatic rings. The molecule has 1 heterocycles. The van der Waals surface area contributed by atoms with Gasteiger partial charge in [-0.25, -0.2) is 4.79 Å². The maximum Gasteiger partial charge on any atom is 0.324 e. The standard InChI is InChI=1S/C14H24N2O2/c1-10(2)8-12-13(17)16(14(18)15-12)9-11-6-4-3-5-7-11/h10-12H,3-9H2,1-2H3,(H,15,18). The number of carbonyl (C=O) groups excluding carboxylic acids is 2. The monoisotopic (exact) mass is 252 g/mol. The third-order valence-corrected chi connectivity index (χ3v) is 3.98. The zero-order valence-corrected chi connectivity index (χ0v) is 11.4. The second-order valence-corrected chi connectivity index (χ2v) is 6.08. The molecule has 4 heteroatoms. The molecular weight excluding hydrogens is 228 g/mol. The van der Waals surface area contributed by atoms with Crippen molar-refractivity contribution in [1.82, 2.24) is 10.2 Å². The summed E-state index contributed by atoms with van der Waals surface area (Å²) in [5.74, 6) is 0.930. The summed E-state index contributed by atoms with van der Waals surface area (Å²) in [6.07, 6.45) is 6.84. The van der Waals surface area contributed by atoms with Crippen molar-refractivity contribution in [3.63, 3.8) is 0 Å². The lowest BCUT2D eigenvalue weighted by atomic mass is 9.89. The fourth-order valence-electron chi connectivity index (χ4n) is 3.01. The number of hydrogen-bond donors (Lipinski definition) is 1. The van der Waals surface area contributed by atoms with Crippen molar-refractivity contribution in [2.24, 2.45) is 11.8 Å². The van der Waals surface area contributed by atoms with Gasteiger partial charge in [-0.3, -0.25) is 9.69 Å². The summed E-state index contributed by atoms with van der Waals surface area (Å²) in [5, 5.41) is 2.81. The van der Waals surface area contributed by atoms with E-state index >= 15 is 0 Å². The third-order valence-electron chi connectivity index (χ3n) is 3.98. The van der Waals surface area contributed by atoms with Gasteiger partial charge in [0.05, 0.1) is 0 Å². The van der Waals surface area contributed by atoms with Gasteiger partial charge < -0.3 is 5.32 Å². The average molecular weight is 252 g/mol. The molecule has 2 fully saturated rings. The molecule has 0 aromatic heterocycles. The summed E-state index contributed by atoms with van der Waals surface area (Å²) >= 11 is 0. The van der Waals surface area contributed by atoms with E-state index in [2.05, 4.69) is 19.2 Å². The lowest BCUT2D eigenvalue weighted by Gasteiger charge is -2.25. The summed E-state index contributed by atoms with van der Waals surface area (Å²) in [4.78, 5) is 25.5. The quantitative estimate of drug-likeness (QED) is 0.782. The highest BCUT2D eigenvalue weighted by Gasteiger charge is 2.38. The van der Waals surface area contributed by atoms with Crippen LogP contribution in [0.1, 0.15) is 52.4 Å². The van der Waals surface area contributed by atoms with Gasteiger partial charge in [-0.1, -0.05) is 33.1 Å². The minimum absolute atomic E-state index is 0.0146. The smallest absolute Gasteiger partial charge is 0.324 e. The number of rotatable bonds is 4. The molecule has 3 amide bonds. The first-order chi connectivity index (χ1) is 8.58. The van der Waals surface area contributed by atoms with Crippen LogP contribution in [0.25, 0.3) is 0 Å². The van der Waals surface area contributed by atoms with Crippen LogP contribution in [0.2, 0.25) is 0 Å². The number of nitrogens with zero attached hydrogens (tertiary/aromatic N) is 1. The maximum atomic E-state index is 12.2. The van der Waals surface area contributed by atoms with Crippen LogP contribution in [0.3, 0.4) is 0 Å². The van der Waals surface area contributed by atoms with Crippen molar-refractivity contribution in [3.05, 3.63) is 0 Å². The van der Waals surface area contributed by atoms with Crippen LogP contribution in [0.4, 0.5) is 4.79 Å². The molecule has 0 aromatic rings. The van der Waals surface area contributed by atoms with Crippen LogP contribution < -0.4 is 5.32 Å². The third kappa shape index (κ3) is 3.03. The molecule has 1 aliphatic heterocycles. The highest BCUT2D eigenvalue weighted by atomic mass is 16.2. The Balaban J connectivity index is 1.91. The Morgan fingerprint density at radius 3 is 2.50 bits per heavy atom. The molecule has 1 N–H and O–H groups in total. The van der Waals surface area contributed by atoms with E-state index in [0.717, 1.165) is 19.3 Å². The van der Waals surface area contributed by atoms with Gasteiger partial charge in [-0.2, -0.15) is 0 Å². The van der Waals surface area contributed by atoms with Crippen molar-refractivity contribution in [3.8, 4) is 0 Å². The number of imide groups is 1. The van der Waals surface area contributed by atoms with Crippen LogP contribution in [-0.4, -0.2) is 29.4 Å². The fourth-order valence-corrected chi connectivity index (χ4v) is 3.01. The number of hydrogen-bond acceptors (Lipinski definition) is 2. The summed E-state index contributed by atoms with van der Waals surface area (Å²) in [6.45, 7) is 4.77. The zero-order valence-electron chi connectivity index (χ0n) is 11.4. The van der Waals surface area contributed by atoms with Gasteiger partial charge in [-0.15, -0.1) is 0 Å². The predicted molar refractivity (Wildman–Crippen MR) is 70.1 cm³/mol. The van der Waals surface area contributed by atoms with Crippen LogP contribution in [0.15, 0.2) is 0 Å². The van der Waals surface area contributed by atoms with E-state index in [-0.39, 0.29) is 18.0 Å². The molecule has 0 aromatic carbocycles. The molecule has 0 spiro atoms. The van der Waals surface area contributed by atoms with Gasteiger partial charge in [0.15, 0.2) is 0 Å². The number of nitrogens with one attached hydrogen (secondary N) is 1. The van der Waals surface area contributed by atoms with Gasteiger partial charge in [0.2, 0.25) is 0 Å². The molecular formula is C14H24N2O2. The second kappa shape index (κ2) is 5.72. The van der Waals surface area contributed by atoms with E-state index in [0.29, 0.717) is 18.4 Å². The topological polar surface area (TPSA) is 49.4 Å². The van der Waals surface area contributed by atoms with Crippen LogP contribution in [-0.2, 0) is 4.79 Å². The average Bonchev–Trinajstić information content (AvgIpc) is 2.58. The lowest BCUT2D eigenvalue weighted by molar-refractivity contribution is -0.128. The largest absolute Gasteiger partial charge is 0.326 e. The van der Waals surface area contributed by atoms with E-state index in [1.54, 1.807) is 0 Å². The van der Waals surface area contributed by atoms with Gasteiger partial charge in [0.1, 0.15) is 6.04 Å². The zero-order chi connectivity index (χ0) is 13.1. The van der Waals surface area contributed by atoms with Crippen molar-refractivity contribution < 1.29 is 9.59 Å². The van der Waals surface area contributed by atoms with Crippen molar-refractivity contribution in [2.75, 3.05) is 6.54 Å². The highest BCUT2D eigenvalue weighted by Crippen LogP contribution is 2.26. The first-order valence-electron chi connectivity index (χ1n) is 7.19. The second-order valence-electron chi connectivity index (χ2n) is 6.08. The van der Waals surface area contributed by atoms with E-state index < -0.39 is 0 Å². The van der Waals surface area contributed by atoms with Gasteiger partial charge in [0.25, 0.3) is 5.91 Å². The summed E-state index contributed by atoms with van der Waals surface area (Å²) in [6, 6.07) is -0.475. The Morgan fingerprint density at radius 2 is 1.89 bits per heavy atom. The van der Waals surface area contributed by atoms with Crippen LogP contribution in [0, 0.1) is 11.8 Å². The fraction of sp³-hybridized carbons (Fsp3) is 0.857. The minimum Gasteiger partial charge on any atom is -0.326 e. The predicted octanol–water partition coefficient (Wildman–Crippen LogP) is 2.53. The molecule has 2 rings (SSSR count). The van der Waals surface area contributed by atoms with Gasteiger partial charge >= 0.3 is 6.03 Å². The van der Waals surface area contributed by atoms with Gasteiger partial charge in [-0.05, 0) is 31.1 Å². The Hall–Kier alpha value is -1.06. The first-order valence-corrected chi connectivity index (χ1v) is 7.19. The summed E-state index contributed by atoms with van der Waals surface area (Å²) in [7, 11) is 0. The number of urea groups is 1. The summed E-state index contributed by atoms with van der Waals surface area (Å²) in [5.41, 5.74) is 0. The first kappa shape index (κ1) is 13.4. The molecule has 1 unspecified atom stereocenters. The van der Waals surface area contributed by atoms with Crippen molar-refractivity contribution in [2.45, 2.75) is 58.4 Å². The lowest BCUT2D eigenvalue weighted by Crippen LogP contribution is -2.36. The molecule has 0 radical (unpaired) electrons. The van der Waals surface area contributed by atoms with E-state index in [1.807, 2.05) is 0 Å². The molecule has 1 aliphatic carbocycles. The number of amides is 3. The molecule has 4 nitrogen and oxygen atoms in total. The molecule has 102 valence electrons. The Morgan fingerprint density at radius 1 is 1.22 bits per heavy atom. The number of carbonyl (C=O) groups is 2. The Bertz CT molecular complexity index is 322. The molecule has 1 saturated carbocycles. The minimum atomic E-state index is -0.291. The van der Waals surface area contributed by atoms with E-state index in [4.69, 9.17) is 0 Å². The van der Waals surface area contributed by atoms with Crippen molar-refractivity contribution in [1.29, 1.82) is 0 Å². The normalized spacial score (nSPS) is 25.9. The molecule has 0 bridgehead atoms. The SMILES string of the molecule is CC(C)CC1NC(=O)N(CC2CCCCC2)C1=O. The Kier molecular flexibility index (Phi) is 4.25. The highest BCUT2D eigenvalue weighted by molar-refractivity contribution is 6.04. The summed E-state index contributed by atoms with van der Waals surface area (Å²) < 4.78 is 0. The molecule has 1 saturated heterocycles. The van der Waals surface area contributed by atoms with Crippen molar-refractivity contribution >= 4 is 11.9 Å². The maximum absolute atomic E-state index is 12.2. The van der Waals surface area contributed by atoms with E-state index in [1.165, 1.54) is 24.2 Å². The van der Waals surface area contributed by atoms with Crippen LogP contribution in [0.5, 0.6) is 0 Å². The van der Waals surface area contributed by atoms with E-state index in [9.17, 15) is 9.59 Å². The molecule has 1 atom stereocenters.